The molecule has 0 unspecified atom stereocenters. The average Bonchev–Trinajstić information content (AvgIpc) is 3.80. The van der Waals surface area contributed by atoms with Gasteiger partial charge in [0.2, 0.25) is 0 Å². The zero-order valence-corrected chi connectivity index (χ0v) is 31.3. The summed E-state index contributed by atoms with van der Waals surface area (Å²) in [5.41, 5.74) is 9.37. The second-order valence-corrected chi connectivity index (χ2v) is 15.4. The van der Waals surface area contributed by atoms with Crippen molar-refractivity contribution in [1.82, 2.24) is 19.1 Å². The summed E-state index contributed by atoms with van der Waals surface area (Å²) in [6, 6.07) is 70.2. The van der Waals surface area contributed by atoms with E-state index in [0.717, 1.165) is 44.8 Å². The van der Waals surface area contributed by atoms with Gasteiger partial charge < -0.3 is 4.57 Å². The van der Waals surface area contributed by atoms with E-state index in [4.69, 9.17) is 9.97 Å². The molecule has 0 saturated heterocycles. The Balaban J connectivity index is 1.07. The van der Waals surface area contributed by atoms with Gasteiger partial charge in [0.15, 0.2) is 5.82 Å². The number of nitrogens with zero attached hydrogens (tertiary/aromatic N) is 4. The van der Waals surface area contributed by atoms with Crippen LogP contribution in [-0.2, 0) is 0 Å². The van der Waals surface area contributed by atoms with Crippen molar-refractivity contribution >= 4 is 97.7 Å². The lowest BCUT2D eigenvalue weighted by molar-refractivity contribution is 1.08. The molecule has 4 heteroatoms. The van der Waals surface area contributed by atoms with Crippen molar-refractivity contribution in [1.29, 1.82) is 0 Å². The topological polar surface area (TPSA) is 35.6 Å². The van der Waals surface area contributed by atoms with E-state index in [1.165, 1.54) is 75.7 Å². The SMILES string of the molecule is c1ccc2c(c1)ccc1ccc(-c3nc4ccccc4nc3-n3c4ccccc4c4cc5cc(-n6c7ccccc7c7c8ccccc8ccc76)ccc5cc43)cc12. The number of hydrogen-bond donors (Lipinski definition) is 0. The summed E-state index contributed by atoms with van der Waals surface area (Å²) in [4.78, 5) is 10.8. The minimum atomic E-state index is 0.818. The number of benzene rings is 10. The van der Waals surface area contributed by atoms with Crippen LogP contribution in [0.15, 0.2) is 194 Å². The summed E-state index contributed by atoms with van der Waals surface area (Å²) in [7, 11) is 0. The van der Waals surface area contributed by atoms with E-state index in [1.807, 2.05) is 12.1 Å². The Morgan fingerprint density at radius 2 is 0.914 bits per heavy atom. The summed E-state index contributed by atoms with van der Waals surface area (Å²) in [6.07, 6.45) is 0. The second kappa shape index (κ2) is 11.8. The summed E-state index contributed by atoms with van der Waals surface area (Å²) in [5, 5.41) is 14.7. The molecular weight excluding hydrogens is 705 g/mol. The number of hydrogen-bond acceptors (Lipinski definition) is 2. The fraction of sp³-hybridized carbons (Fsp3) is 0. The summed E-state index contributed by atoms with van der Waals surface area (Å²) in [5.74, 6) is 0.818. The first-order valence-corrected chi connectivity index (χ1v) is 19.8. The molecule has 13 rings (SSSR count). The predicted molar refractivity (Wildman–Crippen MR) is 244 cm³/mol. The van der Waals surface area contributed by atoms with Crippen molar-refractivity contribution in [3.05, 3.63) is 194 Å². The number of para-hydroxylation sites is 4. The predicted octanol–water partition coefficient (Wildman–Crippen LogP) is 14.1. The van der Waals surface area contributed by atoms with Crippen LogP contribution in [0.25, 0.3) is 120 Å². The molecule has 0 aliphatic rings. The van der Waals surface area contributed by atoms with Crippen LogP contribution in [0.2, 0.25) is 0 Å². The Bertz CT molecular complexity index is 3870. The van der Waals surface area contributed by atoms with Gasteiger partial charge in [-0.15, -0.1) is 0 Å². The minimum absolute atomic E-state index is 0.818. The highest BCUT2D eigenvalue weighted by Gasteiger charge is 2.21. The number of fused-ring (bicyclic) bond motifs is 13. The molecule has 0 atom stereocenters. The molecular formula is C54H32N4. The van der Waals surface area contributed by atoms with Gasteiger partial charge in [-0.3, -0.25) is 4.57 Å². The lowest BCUT2D eigenvalue weighted by Gasteiger charge is -2.15. The molecule has 10 aromatic carbocycles. The van der Waals surface area contributed by atoms with Gasteiger partial charge in [-0.25, -0.2) is 9.97 Å². The number of aromatic nitrogens is 4. The standard InChI is InChI=1S/C54H32N4/c1-3-13-40-33(11-1)21-22-35-23-24-37(30-44(35)40)53-54(56-47-18-8-7-17-46(47)55-53)58-48-19-9-5-15-42(48)45-31-38-29-39(27-25-36(38)32-51(45)58)57-49-20-10-6-16-43(49)52-41-14-4-2-12-34(41)26-28-50(52)57/h1-32H. The highest BCUT2D eigenvalue weighted by molar-refractivity contribution is 6.21. The molecule has 0 amide bonds. The summed E-state index contributed by atoms with van der Waals surface area (Å²) < 4.78 is 4.76. The normalized spacial score (nSPS) is 12.1. The second-order valence-electron chi connectivity index (χ2n) is 15.4. The molecule has 0 aliphatic heterocycles. The van der Waals surface area contributed by atoms with Crippen molar-refractivity contribution in [2.75, 3.05) is 0 Å². The quantitative estimate of drug-likeness (QED) is 0.169. The van der Waals surface area contributed by atoms with Crippen molar-refractivity contribution < 1.29 is 0 Å². The summed E-state index contributed by atoms with van der Waals surface area (Å²) in [6.45, 7) is 0. The first-order valence-electron chi connectivity index (χ1n) is 19.8. The lowest BCUT2D eigenvalue weighted by atomic mass is 9.99. The van der Waals surface area contributed by atoms with Gasteiger partial charge in [0, 0.05) is 32.8 Å². The molecule has 3 heterocycles. The largest absolute Gasteiger partial charge is 0.309 e. The van der Waals surface area contributed by atoms with Crippen molar-refractivity contribution in [2.45, 2.75) is 0 Å². The smallest absolute Gasteiger partial charge is 0.165 e. The van der Waals surface area contributed by atoms with Crippen LogP contribution in [0.4, 0.5) is 0 Å². The molecule has 0 fully saturated rings. The van der Waals surface area contributed by atoms with E-state index >= 15 is 0 Å². The lowest BCUT2D eigenvalue weighted by Crippen LogP contribution is -2.03. The van der Waals surface area contributed by atoms with E-state index in [2.05, 4.69) is 191 Å². The third-order valence-electron chi connectivity index (χ3n) is 12.2. The maximum Gasteiger partial charge on any atom is 0.165 e. The van der Waals surface area contributed by atoms with Gasteiger partial charge in [0.1, 0.15) is 5.69 Å². The van der Waals surface area contributed by atoms with Crippen LogP contribution in [0.3, 0.4) is 0 Å². The van der Waals surface area contributed by atoms with Gasteiger partial charge in [0.25, 0.3) is 0 Å². The Morgan fingerprint density at radius 3 is 1.74 bits per heavy atom. The van der Waals surface area contributed by atoms with Crippen LogP contribution in [0.5, 0.6) is 0 Å². The summed E-state index contributed by atoms with van der Waals surface area (Å²) >= 11 is 0. The Hall–Kier alpha value is -7.82. The molecule has 268 valence electrons. The zero-order chi connectivity index (χ0) is 37.9. The van der Waals surface area contributed by atoms with E-state index in [9.17, 15) is 0 Å². The molecule has 0 aliphatic carbocycles. The first-order chi connectivity index (χ1) is 28.7. The van der Waals surface area contributed by atoms with Crippen molar-refractivity contribution in [3.63, 3.8) is 0 Å². The van der Waals surface area contributed by atoms with Gasteiger partial charge in [-0.05, 0) is 104 Å². The Labute approximate surface area is 332 Å². The van der Waals surface area contributed by atoms with Crippen LogP contribution in [-0.4, -0.2) is 19.1 Å². The average molecular weight is 737 g/mol. The van der Waals surface area contributed by atoms with Gasteiger partial charge in [-0.2, -0.15) is 0 Å². The van der Waals surface area contributed by atoms with Crippen LogP contribution < -0.4 is 0 Å². The maximum absolute atomic E-state index is 5.44. The first kappa shape index (κ1) is 31.4. The minimum Gasteiger partial charge on any atom is -0.309 e. The van der Waals surface area contributed by atoms with Crippen LogP contribution in [0.1, 0.15) is 0 Å². The molecule has 4 nitrogen and oxygen atoms in total. The molecule has 0 spiro atoms. The zero-order valence-electron chi connectivity index (χ0n) is 31.3. The van der Waals surface area contributed by atoms with E-state index in [0.29, 0.717) is 0 Å². The fourth-order valence-electron chi connectivity index (χ4n) is 9.57. The third kappa shape index (κ3) is 4.45. The Morgan fingerprint density at radius 1 is 0.310 bits per heavy atom. The number of rotatable bonds is 3. The van der Waals surface area contributed by atoms with Crippen molar-refractivity contribution in [2.24, 2.45) is 0 Å². The molecule has 0 saturated carbocycles. The van der Waals surface area contributed by atoms with Gasteiger partial charge in [0.05, 0.1) is 33.1 Å². The monoisotopic (exact) mass is 736 g/mol. The van der Waals surface area contributed by atoms with Gasteiger partial charge in [-0.1, -0.05) is 133 Å². The van der Waals surface area contributed by atoms with Gasteiger partial charge >= 0.3 is 0 Å². The Kier molecular flexibility index (Phi) is 6.41. The van der Waals surface area contributed by atoms with E-state index in [1.54, 1.807) is 0 Å². The fourth-order valence-corrected chi connectivity index (χ4v) is 9.57. The third-order valence-corrected chi connectivity index (χ3v) is 12.2. The highest BCUT2D eigenvalue weighted by atomic mass is 15.1. The van der Waals surface area contributed by atoms with Crippen molar-refractivity contribution in [3.8, 4) is 22.8 Å². The van der Waals surface area contributed by atoms with Crippen LogP contribution >= 0.6 is 0 Å². The van der Waals surface area contributed by atoms with Crippen LogP contribution in [0, 0.1) is 0 Å². The molecule has 3 aromatic heterocycles. The molecule has 13 aromatic rings. The molecule has 58 heavy (non-hydrogen) atoms. The van der Waals surface area contributed by atoms with E-state index in [-0.39, 0.29) is 0 Å². The highest BCUT2D eigenvalue weighted by Crippen LogP contribution is 2.41. The van der Waals surface area contributed by atoms with E-state index < -0.39 is 0 Å². The maximum atomic E-state index is 5.44. The molecule has 0 bridgehead atoms. The molecule has 0 radical (unpaired) electrons. The molecule has 0 N–H and O–H groups in total.